The van der Waals surface area contributed by atoms with Crippen molar-refractivity contribution in [2.75, 3.05) is 14.2 Å². The van der Waals surface area contributed by atoms with E-state index in [4.69, 9.17) is 30.1 Å². The smallest absolute Gasteiger partial charge is 0.490 e. The molecule has 206 valence electrons. The number of rotatable bonds is 5. The molecule has 1 unspecified atom stereocenters. The number of aliphatic carboxylic acids is 1. The van der Waals surface area contributed by atoms with Crippen LogP contribution in [-0.2, 0) is 10.3 Å². The van der Waals surface area contributed by atoms with Gasteiger partial charge in [0.05, 0.1) is 14.2 Å². The average molecular weight is 549 g/mol. The number of carbonyl (C=O) groups is 1. The third-order valence-corrected chi connectivity index (χ3v) is 6.62. The Kier molecular flexibility index (Phi) is 7.86. The molecule has 0 spiro atoms. The summed E-state index contributed by atoms with van der Waals surface area (Å²) in [6.07, 6.45) is -5.08. The van der Waals surface area contributed by atoms with Crippen LogP contribution in [0.4, 0.5) is 13.2 Å². The molecule has 0 saturated heterocycles. The fourth-order valence-electron chi connectivity index (χ4n) is 4.76. The second-order valence-electron chi connectivity index (χ2n) is 9.05. The third kappa shape index (κ3) is 5.36. The molecule has 9 heteroatoms. The average Bonchev–Trinajstić information content (AvgIpc) is 3.26. The first-order valence-electron chi connectivity index (χ1n) is 12.2. The maximum Gasteiger partial charge on any atom is 0.490 e. The lowest BCUT2D eigenvalue weighted by molar-refractivity contribution is -0.192. The van der Waals surface area contributed by atoms with Crippen LogP contribution in [0.3, 0.4) is 0 Å². The summed E-state index contributed by atoms with van der Waals surface area (Å²) in [5, 5.41) is 7.12. The molecule has 5 rings (SSSR count). The van der Waals surface area contributed by atoms with Gasteiger partial charge in [0.25, 0.3) is 0 Å². The number of aryl methyl sites for hydroxylation is 1. The van der Waals surface area contributed by atoms with Crippen molar-refractivity contribution in [3.63, 3.8) is 0 Å². The number of alkyl halides is 3. The van der Waals surface area contributed by atoms with Crippen LogP contribution in [-0.4, -0.2) is 37.3 Å². The van der Waals surface area contributed by atoms with Crippen LogP contribution in [0.1, 0.15) is 27.8 Å². The van der Waals surface area contributed by atoms with Gasteiger partial charge in [0, 0.05) is 5.56 Å². The summed E-state index contributed by atoms with van der Waals surface area (Å²) in [6, 6.07) is 31.1. The summed E-state index contributed by atoms with van der Waals surface area (Å²) < 4.78 is 42.7. The van der Waals surface area contributed by atoms with E-state index in [9.17, 15) is 13.2 Å². The molecular formula is C31H27F3N2O4. The summed E-state index contributed by atoms with van der Waals surface area (Å²) in [7, 11) is 3.37. The molecule has 0 aliphatic carbocycles. The van der Waals surface area contributed by atoms with Crippen molar-refractivity contribution in [1.29, 1.82) is 0 Å². The van der Waals surface area contributed by atoms with Crippen molar-refractivity contribution < 1.29 is 32.5 Å². The Balaban J connectivity index is 0.000000470. The van der Waals surface area contributed by atoms with E-state index >= 15 is 0 Å². The van der Waals surface area contributed by atoms with Gasteiger partial charge in [0.2, 0.25) is 0 Å². The maximum absolute atomic E-state index is 10.6. The predicted molar refractivity (Wildman–Crippen MR) is 147 cm³/mol. The van der Waals surface area contributed by atoms with Gasteiger partial charge in [-0.2, -0.15) is 13.2 Å². The van der Waals surface area contributed by atoms with E-state index in [0.29, 0.717) is 5.84 Å². The summed E-state index contributed by atoms with van der Waals surface area (Å²) in [6.45, 7) is 2.05. The van der Waals surface area contributed by atoms with Gasteiger partial charge in [-0.3, -0.25) is 0 Å². The standard InChI is InChI=1S/C29H26N2O2.C2HF3O2/c1-19-16-23(14-15-27(19)33-3)29(26-13-5-4-12-25(26)28(30)31-29)22-10-6-8-20(17-22)21-9-7-11-24(18-21)32-2;3-2(4,5)1(6)7/h4-18H,1-3H3,(H2,30,31);(H,6,7). The lowest BCUT2D eigenvalue weighted by Gasteiger charge is -2.30. The first kappa shape index (κ1) is 28.2. The van der Waals surface area contributed by atoms with Gasteiger partial charge in [-0.1, -0.05) is 60.7 Å². The molecule has 0 radical (unpaired) electrons. The van der Waals surface area contributed by atoms with Gasteiger partial charge in [-0.05, 0) is 70.6 Å². The van der Waals surface area contributed by atoms with Crippen molar-refractivity contribution in [2.45, 2.75) is 18.6 Å². The van der Waals surface area contributed by atoms with Gasteiger partial charge in [0.1, 0.15) is 22.9 Å². The van der Waals surface area contributed by atoms with Crippen molar-refractivity contribution in [3.05, 3.63) is 119 Å². The quantitative estimate of drug-likeness (QED) is 0.304. The van der Waals surface area contributed by atoms with E-state index in [2.05, 4.69) is 55.5 Å². The molecule has 0 saturated carbocycles. The first-order valence-corrected chi connectivity index (χ1v) is 12.2. The zero-order valence-corrected chi connectivity index (χ0v) is 22.0. The Morgan fingerprint density at radius 1 is 0.850 bits per heavy atom. The molecule has 0 amide bonds. The van der Waals surface area contributed by atoms with E-state index in [0.717, 1.165) is 50.4 Å². The number of nitrogens with two attached hydrogens (primary N) is 1. The third-order valence-electron chi connectivity index (χ3n) is 6.62. The highest BCUT2D eigenvalue weighted by Gasteiger charge is 2.43. The van der Waals surface area contributed by atoms with Gasteiger partial charge in [-0.15, -0.1) is 0 Å². The van der Waals surface area contributed by atoms with Crippen LogP contribution in [0.15, 0.2) is 96.0 Å². The van der Waals surface area contributed by atoms with E-state index in [1.165, 1.54) is 0 Å². The minimum absolute atomic E-state index is 0.547. The van der Waals surface area contributed by atoms with Crippen molar-refractivity contribution in [1.82, 2.24) is 0 Å². The first-order chi connectivity index (χ1) is 19.0. The molecule has 0 bridgehead atoms. The lowest BCUT2D eigenvalue weighted by atomic mass is 9.76. The number of amidine groups is 1. The number of hydrogen-bond donors (Lipinski definition) is 2. The Bertz CT molecular complexity index is 1580. The number of carboxylic acid groups (broad SMARTS) is 1. The molecule has 4 aromatic carbocycles. The second-order valence-corrected chi connectivity index (χ2v) is 9.05. The van der Waals surface area contributed by atoms with Crippen molar-refractivity contribution >= 4 is 11.8 Å². The number of ether oxygens (including phenoxy) is 2. The number of nitrogens with zero attached hydrogens (tertiary/aromatic N) is 1. The molecular weight excluding hydrogens is 521 g/mol. The van der Waals surface area contributed by atoms with Crippen molar-refractivity contribution in [3.8, 4) is 22.6 Å². The Morgan fingerprint density at radius 2 is 1.48 bits per heavy atom. The molecule has 1 aliphatic rings. The zero-order valence-electron chi connectivity index (χ0n) is 22.0. The Morgan fingerprint density at radius 3 is 2.10 bits per heavy atom. The second kappa shape index (κ2) is 11.1. The van der Waals surface area contributed by atoms with Crippen LogP contribution >= 0.6 is 0 Å². The number of fused-ring (bicyclic) bond motifs is 1. The van der Waals surface area contributed by atoms with E-state index in [1.807, 2.05) is 42.5 Å². The SMILES string of the molecule is COc1cccc(-c2cccc(C3(c4ccc(OC)c(C)c4)N=C(N)c4ccccc43)c2)c1.O=C(O)C(F)(F)F. The normalized spacial score (nSPS) is 15.8. The lowest BCUT2D eigenvalue weighted by Crippen LogP contribution is -2.25. The van der Waals surface area contributed by atoms with Gasteiger partial charge < -0.3 is 20.3 Å². The molecule has 1 aliphatic heterocycles. The van der Waals surface area contributed by atoms with Crippen LogP contribution in [0.2, 0.25) is 0 Å². The van der Waals surface area contributed by atoms with Gasteiger partial charge >= 0.3 is 12.1 Å². The summed E-state index contributed by atoms with van der Waals surface area (Å²) >= 11 is 0. The largest absolute Gasteiger partial charge is 0.497 e. The molecule has 0 aromatic heterocycles. The van der Waals surface area contributed by atoms with Gasteiger partial charge in [-0.25, -0.2) is 9.79 Å². The summed E-state index contributed by atoms with van der Waals surface area (Å²) in [5.74, 6) is -0.535. The van der Waals surface area contributed by atoms with Crippen LogP contribution < -0.4 is 15.2 Å². The molecule has 3 N–H and O–H groups in total. The fraction of sp³-hybridized carbons (Fsp3) is 0.161. The number of carboxylic acids is 1. The molecule has 4 aromatic rings. The number of benzene rings is 4. The van der Waals surface area contributed by atoms with Crippen LogP contribution in [0.5, 0.6) is 11.5 Å². The van der Waals surface area contributed by atoms with E-state index in [1.54, 1.807) is 14.2 Å². The number of halogens is 3. The molecule has 40 heavy (non-hydrogen) atoms. The number of aliphatic imine (C=N–C) groups is 1. The fourth-order valence-corrected chi connectivity index (χ4v) is 4.76. The predicted octanol–water partition coefficient (Wildman–Crippen LogP) is 6.32. The van der Waals surface area contributed by atoms with E-state index in [-0.39, 0.29) is 0 Å². The number of hydrogen-bond acceptors (Lipinski definition) is 5. The minimum Gasteiger partial charge on any atom is -0.497 e. The van der Waals surface area contributed by atoms with Crippen molar-refractivity contribution in [2.24, 2.45) is 10.7 Å². The molecule has 6 nitrogen and oxygen atoms in total. The van der Waals surface area contributed by atoms with Crippen LogP contribution in [0, 0.1) is 6.92 Å². The molecule has 1 heterocycles. The van der Waals surface area contributed by atoms with E-state index < -0.39 is 17.7 Å². The highest BCUT2D eigenvalue weighted by molar-refractivity contribution is 6.03. The zero-order chi connectivity index (χ0) is 29.1. The van der Waals surface area contributed by atoms with Gasteiger partial charge in [0.15, 0.2) is 0 Å². The molecule has 0 fully saturated rings. The highest BCUT2D eigenvalue weighted by Crippen LogP contribution is 2.47. The monoisotopic (exact) mass is 548 g/mol. The number of methoxy groups -OCH3 is 2. The topological polar surface area (TPSA) is 94.1 Å². The van der Waals surface area contributed by atoms with Crippen LogP contribution in [0.25, 0.3) is 11.1 Å². The Labute approximate surface area is 229 Å². The summed E-state index contributed by atoms with van der Waals surface area (Å²) in [4.78, 5) is 14.0. The highest BCUT2D eigenvalue weighted by atomic mass is 19.4. The maximum atomic E-state index is 10.6. The minimum atomic E-state index is -5.08. The summed E-state index contributed by atoms with van der Waals surface area (Å²) in [5.41, 5.74) is 13.1. The molecule has 1 atom stereocenters. The Hall–Kier alpha value is -4.79.